The first kappa shape index (κ1) is 24.3. The maximum Gasteiger partial charge on any atom is 0.315 e. The van der Waals surface area contributed by atoms with Gasteiger partial charge in [-0.3, -0.25) is 5.10 Å². The first-order chi connectivity index (χ1) is 17.9. The predicted molar refractivity (Wildman–Crippen MR) is 138 cm³/mol. The summed E-state index contributed by atoms with van der Waals surface area (Å²) in [6.07, 6.45) is 0.405. The highest BCUT2D eigenvalue weighted by atomic mass is 35.5. The number of hydrogen-bond acceptors (Lipinski definition) is 4. The fraction of sp³-hybridized carbons (Fsp3) is 0.115. The van der Waals surface area contributed by atoms with Gasteiger partial charge in [0.2, 0.25) is 0 Å². The van der Waals surface area contributed by atoms with Crippen LogP contribution in [0, 0.1) is 11.6 Å². The highest BCUT2D eigenvalue weighted by Gasteiger charge is 2.22. The molecule has 11 heteroatoms. The predicted octanol–water partition coefficient (Wildman–Crippen LogP) is 5.25. The van der Waals surface area contributed by atoms with E-state index >= 15 is 0 Å². The molecule has 2 amide bonds. The van der Waals surface area contributed by atoms with Gasteiger partial charge in [-0.1, -0.05) is 48.0 Å². The molecule has 2 aromatic heterocycles. The number of hydrogen-bond donors (Lipinski definition) is 5. The maximum absolute atomic E-state index is 14.0. The third-order valence-corrected chi connectivity index (χ3v) is 6.18. The molecule has 3 aromatic carbocycles. The zero-order valence-electron chi connectivity index (χ0n) is 19.4. The van der Waals surface area contributed by atoms with Crippen LogP contribution >= 0.6 is 11.6 Å². The average Bonchev–Trinajstić information content (AvgIpc) is 3.47. The summed E-state index contributed by atoms with van der Waals surface area (Å²) in [5, 5.41) is 13.4. The zero-order chi connectivity index (χ0) is 25.9. The van der Waals surface area contributed by atoms with Crippen molar-refractivity contribution < 1.29 is 13.6 Å². The van der Waals surface area contributed by atoms with E-state index in [0.717, 1.165) is 40.2 Å². The number of imidazole rings is 1. The Kier molecular flexibility index (Phi) is 6.74. The average molecular weight is 522 g/mol. The Morgan fingerprint density at radius 3 is 2.70 bits per heavy atom. The van der Waals surface area contributed by atoms with Crippen LogP contribution in [0.25, 0.3) is 22.2 Å². The van der Waals surface area contributed by atoms with E-state index in [9.17, 15) is 13.6 Å². The summed E-state index contributed by atoms with van der Waals surface area (Å²) in [6, 6.07) is 16.9. The third-order valence-electron chi connectivity index (χ3n) is 5.91. The van der Waals surface area contributed by atoms with Crippen molar-refractivity contribution in [2.24, 2.45) is 0 Å². The van der Waals surface area contributed by atoms with Crippen molar-refractivity contribution in [3.05, 3.63) is 100 Å². The quantitative estimate of drug-likeness (QED) is 0.200. The van der Waals surface area contributed by atoms with Gasteiger partial charge >= 0.3 is 6.03 Å². The Bertz CT molecular complexity index is 1570. The molecule has 0 radical (unpaired) electrons. The number of nitrogens with two attached hydrogens (primary N) is 1. The molecule has 188 valence electrons. The largest absolute Gasteiger partial charge is 0.382 e. The Hall–Kier alpha value is -4.44. The van der Waals surface area contributed by atoms with Crippen molar-refractivity contribution in [1.29, 1.82) is 0 Å². The fourth-order valence-corrected chi connectivity index (χ4v) is 4.29. The highest BCUT2D eigenvalue weighted by molar-refractivity contribution is 6.32. The summed E-state index contributed by atoms with van der Waals surface area (Å²) in [4.78, 5) is 20.5. The van der Waals surface area contributed by atoms with E-state index in [1.807, 2.05) is 48.5 Å². The van der Waals surface area contributed by atoms with Gasteiger partial charge in [-0.2, -0.15) is 5.10 Å². The van der Waals surface area contributed by atoms with Crippen molar-refractivity contribution in [2.75, 3.05) is 5.73 Å². The van der Waals surface area contributed by atoms with E-state index in [-0.39, 0.29) is 12.1 Å². The monoisotopic (exact) mass is 521 g/mol. The number of rotatable bonds is 7. The number of carbonyl (C=O) groups excluding carboxylic acids is 1. The number of nitrogen functional groups attached to an aromatic ring is 1. The Balaban J connectivity index is 1.39. The lowest BCUT2D eigenvalue weighted by Gasteiger charge is -2.18. The summed E-state index contributed by atoms with van der Waals surface area (Å²) < 4.78 is 27.4. The van der Waals surface area contributed by atoms with E-state index in [1.54, 1.807) is 0 Å². The summed E-state index contributed by atoms with van der Waals surface area (Å²) in [7, 11) is 0. The lowest BCUT2D eigenvalue weighted by Crippen LogP contribution is -2.39. The lowest BCUT2D eigenvalue weighted by atomic mass is 10.1. The van der Waals surface area contributed by atoms with Gasteiger partial charge in [0.1, 0.15) is 28.3 Å². The van der Waals surface area contributed by atoms with Gasteiger partial charge < -0.3 is 21.4 Å². The molecule has 5 rings (SSSR count). The van der Waals surface area contributed by atoms with Crippen molar-refractivity contribution >= 4 is 34.4 Å². The number of nitrogens with one attached hydrogen (secondary N) is 4. The van der Waals surface area contributed by atoms with Gasteiger partial charge in [0.05, 0.1) is 11.6 Å². The van der Waals surface area contributed by atoms with Gasteiger partial charge in [-0.25, -0.2) is 18.6 Å². The standard InChI is InChI=1S/C26H22ClF2N7O/c27-23-22(15-6-8-18-20(12-15)35-36-24(18)30)33-25(34-23)21(10-14-4-2-1-3-5-14)32-26(37)31-13-16-11-17(28)7-9-19(16)29/h1-9,11-12,21H,10,13H2,(H,33,34)(H3,30,35,36)(H2,31,32,37). The molecule has 1 unspecified atom stereocenters. The van der Waals surface area contributed by atoms with E-state index < -0.39 is 23.7 Å². The van der Waals surface area contributed by atoms with E-state index in [0.29, 0.717) is 28.9 Å². The number of aromatic amines is 2. The number of halogens is 3. The minimum absolute atomic E-state index is 0.0351. The molecule has 0 fully saturated rings. The minimum atomic E-state index is -0.610. The molecule has 2 heterocycles. The number of amides is 2. The molecule has 0 spiro atoms. The molecular weight excluding hydrogens is 500 g/mol. The van der Waals surface area contributed by atoms with Crippen molar-refractivity contribution in [3.63, 3.8) is 0 Å². The first-order valence-corrected chi connectivity index (χ1v) is 11.8. The highest BCUT2D eigenvalue weighted by Crippen LogP contribution is 2.31. The molecule has 37 heavy (non-hydrogen) atoms. The number of benzene rings is 3. The van der Waals surface area contributed by atoms with Crippen LogP contribution in [0.1, 0.15) is 23.0 Å². The molecule has 0 aliphatic rings. The SMILES string of the molecule is Nc1n[nH]c2cc(-c3nc(C(Cc4ccccc4)NC(=O)NCc4cc(F)ccc4F)[nH]c3Cl)ccc12. The number of anilines is 1. The number of aromatic nitrogens is 4. The van der Waals surface area contributed by atoms with Crippen LogP contribution in [-0.2, 0) is 13.0 Å². The van der Waals surface area contributed by atoms with E-state index in [1.165, 1.54) is 0 Å². The van der Waals surface area contributed by atoms with Crippen LogP contribution in [0.2, 0.25) is 5.15 Å². The molecule has 0 aliphatic heterocycles. The second-order valence-corrected chi connectivity index (χ2v) is 8.84. The Labute approximate surface area is 215 Å². The molecule has 0 saturated heterocycles. The smallest absolute Gasteiger partial charge is 0.315 e. The number of H-pyrrole nitrogens is 2. The normalized spacial score (nSPS) is 12.0. The van der Waals surface area contributed by atoms with Crippen LogP contribution in [0.15, 0.2) is 66.7 Å². The molecular formula is C26H22ClF2N7O. The van der Waals surface area contributed by atoms with Crippen LogP contribution in [0.4, 0.5) is 19.4 Å². The van der Waals surface area contributed by atoms with Gasteiger partial charge in [-0.05, 0) is 42.3 Å². The van der Waals surface area contributed by atoms with Gasteiger partial charge in [-0.15, -0.1) is 0 Å². The summed E-state index contributed by atoms with van der Waals surface area (Å²) in [6.45, 7) is -0.190. The van der Waals surface area contributed by atoms with Crippen LogP contribution in [0.3, 0.4) is 0 Å². The molecule has 0 saturated carbocycles. The van der Waals surface area contributed by atoms with Gasteiger partial charge in [0.15, 0.2) is 5.82 Å². The number of carbonyl (C=O) groups is 1. The molecule has 0 bridgehead atoms. The zero-order valence-corrected chi connectivity index (χ0v) is 20.1. The lowest BCUT2D eigenvalue weighted by molar-refractivity contribution is 0.236. The van der Waals surface area contributed by atoms with Crippen molar-refractivity contribution in [1.82, 2.24) is 30.8 Å². The second-order valence-electron chi connectivity index (χ2n) is 8.46. The van der Waals surface area contributed by atoms with Crippen molar-refractivity contribution in [2.45, 2.75) is 19.0 Å². The Morgan fingerprint density at radius 2 is 1.89 bits per heavy atom. The van der Waals surface area contributed by atoms with E-state index in [2.05, 4.69) is 30.8 Å². The maximum atomic E-state index is 14.0. The second kappa shape index (κ2) is 10.3. The van der Waals surface area contributed by atoms with Crippen molar-refractivity contribution in [3.8, 4) is 11.3 Å². The molecule has 0 aliphatic carbocycles. The topological polar surface area (TPSA) is 125 Å². The fourth-order valence-electron chi connectivity index (χ4n) is 4.04. The van der Waals surface area contributed by atoms with Crippen LogP contribution in [-0.4, -0.2) is 26.2 Å². The molecule has 5 aromatic rings. The number of urea groups is 1. The van der Waals surface area contributed by atoms with E-state index in [4.69, 9.17) is 17.3 Å². The minimum Gasteiger partial charge on any atom is -0.382 e. The number of nitrogens with zero attached hydrogens (tertiary/aromatic N) is 2. The van der Waals surface area contributed by atoms with Gasteiger partial charge in [0.25, 0.3) is 0 Å². The summed E-state index contributed by atoms with van der Waals surface area (Å²) >= 11 is 6.52. The summed E-state index contributed by atoms with van der Waals surface area (Å²) in [5.41, 5.74) is 8.81. The van der Waals surface area contributed by atoms with Crippen LogP contribution < -0.4 is 16.4 Å². The molecule has 6 N–H and O–H groups in total. The third kappa shape index (κ3) is 5.39. The van der Waals surface area contributed by atoms with Gasteiger partial charge in [0, 0.05) is 23.1 Å². The molecule has 8 nitrogen and oxygen atoms in total. The number of fused-ring (bicyclic) bond motifs is 1. The first-order valence-electron chi connectivity index (χ1n) is 11.4. The van der Waals surface area contributed by atoms with Crippen LogP contribution in [0.5, 0.6) is 0 Å². The Morgan fingerprint density at radius 1 is 1.08 bits per heavy atom. The summed E-state index contributed by atoms with van der Waals surface area (Å²) in [5.74, 6) is -0.373. The molecule has 1 atom stereocenters.